The van der Waals surface area contributed by atoms with E-state index in [9.17, 15) is 24.0 Å². The van der Waals surface area contributed by atoms with Gasteiger partial charge in [-0.15, -0.1) is 13.2 Å². The summed E-state index contributed by atoms with van der Waals surface area (Å²) >= 11 is 0. The molecular weight excluding hydrogens is 382 g/mol. The molecule has 1 atom stereocenters. The third kappa shape index (κ3) is 4.28. The molecule has 2 N–H and O–H groups in total. The van der Waals surface area contributed by atoms with E-state index in [1.165, 1.54) is 12.2 Å². The fourth-order valence-electron chi connectivity index (χ4n) is 2.95. The third-order valence-corrected chi connectivity index (χ3v) is 4.19. The standard InChI is InChI=1S/C18H23N5O6/c1-5-8-21-16(26)22(9-6-2)18(28)23(17(21)27)10-12-13(14(24)29-7-3)11(4)19-15(25)20-12/h5-6,11H,1-2,7-10H2,3-4H3,(H2,19,20,25)/t11-/m1/s1. The van der Waals surface area contributed by atoms with Gasteiger partial charge in [-0.05, 0) is 13.8 Å². The number of aromatic nitrogens is 3. The van der Waals surface area contributed by atoms with Gasteiger partial charge in [-0.2, -0.15) is 0 Å². The molecule has 1 aliphatic heterocycles. The Labute approximate surface area is 165 Å². The molecule has 0 spiro atoms. The van der Waals surface area contributed by atoms with Crippen molar-refractivity contribution in [3.8, 4) is 0 Å². The number of esters is 1. The molecule has 2 amide bonds. The molecule has 11 heteroatoms. The van der Waals surface area contributed by atoms with Crippen molar-refractivity contribution in [1.82, 2.24) is 24.3 Å². The van der Waals surface area contributed by atoms with E-state index < -0.39 is 41.7 Å². The number of rotatable bonds is 8. The Hall–Kier alpha value is -3.63. The molecule has 29 heavy (non-hydrogen) atoms. The highest BCUT2D eigenvalue weighted by Gasteiger charge is 2.30. The van der Waals surface area contributed by atoms with E-state index in [1.807, 2.05) is 0 Å². The van der Waals surface area contributed by atoms with E-state index in [-0.39, 0.29) is 31.0 Å². The van der Waals surface area contributed by atoms with Gasteiger partial charge in [0.2, 0.25) is 0 Å². The maximum absolute atomic E-state index is 12.8. The molecule has 1 aliphatic rings. The fraction of sp³-hybridized carbons (Fsp3) is 0.389. The van der Waals surface area contributed by atoms with Crippen LogP contribution >= 0.6 is 0 Å². The van der Waals surface area contributed by atoms with E-state index in [2.05, 4.69) is 23.8 Å². The molecular formula is C18H23N5O6. The van der Waals surface area contributed by atoms with Gasteiger partial charge >= 0.3 is 29.1 Å². The van der Waals surface area contributed by atoms with Crippen molar-refractivity contribution in [3.63, 3.8) is 0 Å². The van der Waals surface area contributed by atoms with Crippen LogP contribution in [0, 0.1) is 0 Å². The van der Waals surface area contributed by atoms with E-state index in [0.717, 1.165) is 13.7 Å². The summed E-state index contributed by atoms with van der Waals surface area (Å²) < 4.78 is 7.44. The Morgan fingerprint density at radius 1 is 1.03 bits per heavy atom. The molecule has 0 radical (unpaired) electrons. The summed E-state index contributed by atoms with van der Waals surface area (Å²) in [6.07, 6.45) is 2.68. The largest absolute Gasteiger partial charge is 0.463 e. The Morgan fingerprint density at radius 3 is 2.03 bits per heavy atom. The predicted octanol–water partition coefficient (Wildman–Crippen LogP) is -0.938. The molecule has 1 aromatic heterocycles. The van der Waals surface area contributed by atoms with Crippen molar-refractivity contribution >= 4 is 12.0 Å². The first-order chi connectivity index (χ1) is 13.8. The minimum absolute atomic E-state index is 0.0351. The van der Waals surface area contributed by atoms with Crippen molar-refractivity contribution in [2.24, 2.45) is 0 Å². The van der Waals surface area contributed by atoms with Crippen LogP contribution in [0.3, 0.4) is 0 Å². The summed E-state index contributed by atoms with van der Waals surface area (Å²) in [7, 11) is 0. The molecule has 0 bridgehead atoms. The van der Waals surface area contributed by atoms with Gasteiger partial charge in [0.15, 0.2) is 0 Å². The second-order valence-corrected chi connectivity index (χ2v) is 6.17. The molecule has 0 fully saturated rings. The quantitative estimate of drug-likeness (QED) is 0.424. The van der Waals surface area contributed by atoms with E-state index in [0.29, 0.717) is 0 Å². The lowest BCUT2D eigenvalue weighted by molar-refractivity contribution is -0.139. The van der Waals surface area contributed by atoms with Crippen LogP contribution in [-0.4, -0.2) is 38.4 Å². The van der Waals surface area contributed by atoms with Gasteiger partial charge in [0, 0.05) is 0 Å². The van der Waals surface area contributed by atoms with Crippen LogP contribution in [0.4, 0.5) is 4.79 Å². The van der Waals surface area contributed by atoms with Crippen molar-refractivity contribution in [2.45, 2.75) is 39.5 Å². The van der Waals surface area contributed by atoms with E-state index in [1.54, 1.807) is 13.8 Å². The number of nitrogens with one attached hydrogen (secondary N) is 2. The minimum Gasteiger partial charge on any atom is -0.463 e. The number of nitrogens with zero attached hydrogens (tertiary/aromatic N) is 3. The molecule has 11 nitrogen and oxygen atoms in total. The first kappa shape index (κ1) is 21.7. The van der Waals surface area contributed by atoms with Gasteiger partial charge < -0.3 is 15.4 Å². The number of hydrogen-bond acceptors (Lipinski definition) is 6. The SMILES string of the molecule is C=CCn1c(=O)n(CC=C)c(=O)n(CC2=C(C(=O)OCC)[C@@H](C)NC(=O)N2)c1=O. The lowest BCUT2D eigenvalue weighted by Crippen LogP contribution is -2.56. The summed E-state index contributed by atoms with van der Waals surface area (Å²) in [5.74, 6) is -0.693. The lowest BCUT2D eigenvalue weighted by Gasteiger charge is -2.27. The van der Waals surface area contributed by atoms with Crippen LogP contribution in [0.1, 0.15) is 13.8 Å². The Balaban J connectivity index is 2.72. The normalized spacial score (nSPS) is 16.1. The zero-order valence-corrected chi connectivity index (χ0v) is 16.3. The van der Waals surface area contributed by atoms with Crippen LogP contribution in [0.5, 0.6) is 0 Å². The van der Waals surface area contributed by atoms with Gasteiger partial charge in [0.1, 0.15) is 0 Å². The van der Waals surface area contributed by atoms with Crippen molar-refractivity contribution in [1.29, 1.82) is 0 Å². The lowest BCUT2D eigenvalue weighted by atomic mass is 10.0. The molecule has 2 heterocycles. The zero-order valence-electron chi connectivity index (χ0n) is 16.3. The highest BCUT2D eigenvalue weighted by molar-refractivity contribution is 5.94. The van der Waals surface area contributed by atoms with Crippen LogP contribution in [0.15, 0.2) is 51.0 Å². The summed E-state index contributed by atoms with van der Waals surface area (Å²) in [5.41, 5.74) is -2.48. The molecule has 0 unspecified atom stereocenters. The molecule has 0 saturated heterocycles. The summed E-state index contributed by atoms with van der Waals surface area (Å²) in [4.78, 5) is 62.2. The second kappa shape index (κ2) is 9.04. The predicted molar refractivity (Wildman–Crippen MR) is 104 cm³/mol. The van der Waals surface area contributed by atoms with Gasteiger partial charge in [0.25, 0.3) is 0 Å². The Bertz CT molecular complexity index is 1010. The number of urea groups is 1. The van der Waals surface area contributed by atoms with Crippen LogP contribution in [-0.2, 0) is 29.2 Å². The van der Waals surface area contributed by atoms with Gasteiger partial charge in [-0.1, -0.05) is 12.2 Å². The monoisotopic (exact) mass is 405 g/mol. The van der Waals surface area contributed by atoms with Crippen LogP contribution in [0.25, 0.3) is 0 Å². The maximum Gasteiger partial charge on any atom is 0.337 e. The molecule has 0 saturated carbocycles. The maximum atomic E-state index is 12.8. The summed E-state index contributed by atoms with van der Waals surface area (Å²) in [6, 6.07) is -1.30. The Morgan fingerprint density at radius 2 is 1.55 bits per heavy atom. The number of carbonyl (C=O) groups is 2. The number of allylic oxidation sites excluding steroid dienone is 3. The van der Waals surface area contributed by atoms with Gasteiger partial charge in [-0.25, -0.2) is 37.7 Å². The molecule has 1 aromatic rings. The topological polar surface area (TPSA) is 133 Å². The van der Waals surface area contributed by atoms with Crippen molar-refractivity contribution in [3.05, 3.63) is 68.0 Å². The zero-order chi connectivity index (χ0) is 21.7. The van der Waals surface area contributed by atoms with Crippen molar-refractivity contribution in [2.75, 3.05) is 6.61 Å². The third-order valence-electron chi connectivity index (χ3n) is 4.19. The van der Waals surface area contributed by atoms with Crippen molar-refractivity contribution < 1.29 is 14.3 Å². The fourth-order valence-corrected chi connectivity index (χ4v) is 2.95. The molecule has 156 valence electrons. The summed E-state index contributed by atoms with van der Waals surface area (Å²) in [5, 5.41) is 4.97. The number of ether oxygens (including phenoxy) is 1. The summed E-state index contributed by atoms with van der Waals surface area (Å²) in [6.45, 7) is 9.64. The Kier molecular flexibility index (Phi) is 6.75. The average Bonchev–Trinajstić information content (AvgIpc) is 2.65. The first-order valence-corrected chi connectivity index (χ1v) is 8.90. The highest BCUT2D eigenvalue weighted by atomic mass is 16.5. The van der Waals surface area contributed by atoms with Gasteiger partial charge in [0.05, 0.1) is 43.6 Å². The highest BCUT2D eigenvalue weighted by Crippen LogP contribution is 2.15. The van der Waals surface area contributed by atoms with Crippen LogP contribution in [0.2, 0.25) is 0 Å². The molecule has 2 rings (SSSR count). The molecule has 0 aromatic carbocycles. The first-order valence-electron chi connectivity index (χ1n) is 8.90. The van der Waals surface area contributed by atoms with Gasteiger partial charge in [-0.3, -0.25) is 0 Å². The smallest absolute Gasteiger partial charge is 0.337 e. The second-order valence-electron chi connectivity index (χ2n) is 6.17. The van der Waals surface area contributed by atoms with Crippen LogP contribution < -0.4 is 27.7 Å². The number of carbonyl (C=O) groups excluding carboxylic acids is 2. The van der Waals surface area contributed by atoms with E-state index in [4.69, 9.17) is 4.74 Å². The average molecular weight is 405 g/mol. The van der Waals surface area contributed by atoms with E-state index >= 15 is 0 Å². The number of hydrogen-bond donors (Lipinski definition) is 2. The molecule has 0 aliphatic carbocycles. The minimum atomic E-state index is -0.892. The number of amides is 2.